The van der Waals surface area contributed by atoms with Crippen LogP contribution in [0.2, 0.25) is 0 Å². The van der Waals surface area contributed by atoms with Crippen LogP contribution in [-0.2, 0) is 5.54 Å². The number of hydrogen-bond donors (Lipinski definition) is 1. The number of piperidine rings is 1. The number of amides is 2. The number of halogens is 1. The molecule has 2 aliphatic heterocycles. The van der Waals surface area contributed by atoms with Crippen LogP contribution in [0.4, 0.5) is 4.79 Å². The number of urea groups is 1. The minimum absolute atomic E-state index is 0. The fourth-order valence-electron chi connectivity index (χ4n) is 3.85. The minimum Gasteiger partial charge on any atom is -0.339 e. The van der Waals surface area contributed by atoms with Gasteiger partial charge in [-0.2, -0.15) is 4.98 Å². The Morgan fingerprint density at radius 1 is 1.12 bits per heavy atom. The van der Waals surface area contributed by atoms with Gasteiger partial charge in [-0.3, -0.25) is 0 Å². The summed E-state index contributed by atoms with van der Waals surface area (Å²) in [6, 6.07) is 0.168. The summed E-state index contributed by atoms with van der Waals surface area (Å²) in [4.78, 5) is 21.0. The first-order valence-corrected chi connectivity index (χ1v) is 8.82. The van der Waals surface area contributed by atoms with Gasteiger partial charge in [0.05, 0.1) is 11.5 Å². The van der Waals surface area contributed by atoms with Gasteiger partial charge in [-0.15, -0.1) is 12.4 Å². The first-order chi connectivity index (χ1) is 11.2. The lowest BCUT2D eigenvalue weighted by atomic mass is 9.77. The smallest absolute Gasteiger partial charge is 0.320 e. The molecule has 3 heterocycles. The largest absolute Gasteiger partial charge is 0.339 e. The van der Waals surface area contributed by atoms with Crippen LogP contribution >= 0.6 is 12.4 Å². The molecule has 2 amide bonds. The van der Waals surface area contributed by atoms with E-state index in [1.165, 1.54) is 0 Å². The van der Waals surface area contributed by atoms with Crippen LogP contribution in [0.3, 0.4) is 0 Å². The maximum atomic E-state index is 12.6. The third-order valence-corrected chi connectivity index (χ3v) is 5.55. The van der Waals surface area contributed by atoms with E-state index in [2.05, 4.69) is 10.1 Å². The Bertz CT molecular complexity index is 583. The summed E-state index contributed by atoms with van der Waals surface area (Å²) in [6.07, 6.45) is 7.19. The van der Waals surface area contributed by atoms with Crippen molar-refractivity contribution in [2.24, 2.45) is 5.73 Å². The van der Waals surface area contributed by atoms with Crippen LogP contribution in [0.5, 0.6) is 0 Å². The molecule has 0 spiro atoms. The molecule has 3 fully saturated rings. The molecule has 3 aliphatic rings. The highest BCUT2D eigenvalue weighted by Crippen LogP contribution is 2.38. The normalized spacial score (nSPS) is 26.0. The summed E-state index contributed by atoms with van der Waals surface area (Å²) in [6.45, 7) is 3.28. The van der Waals surface area contributed by atoms with Crippen molar-refractivity contribution in [1.82, 2.24) is 19.9 Å². The summed E-state index contributed by atoms with van der Waals surface area (Å²) >= 11 is 0. The molecule has 1 unspecified atom stereocenters. The summed E-state index contributed by atoms with van der Waals surface area (Å²) in [5.74, 6) is 1.43. The van der Waals surface area contributed by atoms with Gasteiger partial charge in [-0.1, -0.05) is 5.16 Å². The van der Waals surface area contributed by atoms with Gasteiger partial charge >= 0.3 is 6.03 Å². The zero-order valence-corrected chi connectivity index (χ0v) is 14.8. The number of carbonyl (C=O) groups is 1. The van der Waals surface area contributed by atoms with E-state index < -0.39 is 0 Å². The van der Waals surface area contributed by atoms with E-state index in [0.29, 0.717) is 18.3 Å². The Kier molecular flexibility index (Phi) is 5.01. The minimum atomic E-state index is -0.387. The summed E-state index contributed by atoms with van der Waals surface area (Å²) in [5.41, 5.74) is 5.88. The second kappa shape index (κ2) is 6.88. The number of nitrogens with zero attached hydrogens (tertiary/aromatic N) is 4. The number of hydrogen-bond acceptors (Lipinski definition) is 5. The first kappa shape index (κ1) is 17.5. The van der Waals surface area contributed by atoms with Crippen molar-refractivity contribution in [2.45, 2.75) is 56.4 Å². The van der Waals surface area contributed by atoms with Crippen molar-refractivity contribution in [3.8, 4) is 0 Å². The molecule has 0 aromatic carbocycles. The molecule has 1 aliphatic carbocycles. The number of likely N-dealkylation sites (tertiary alicyclic amines) is 2. The Morgan fingerprint density at radius 3 is 2.50 bits per heavy atom. The van der Waals surface area contributed by atoms with Gasteiger partial charge in [0.25, 0.3) is 0 Å². The number of carbonyl (C=O) groups excluding carboxylic acids is 1. The summed E-state index contributed by atoms with van der Waals surface area (Å²) < 4.78 is 5.49. The van der Waals surface area contributed by atoms with Crippen LogP contribution in [0.15, 0.2) is 4.52 Å². The first-order valence-electron chi connectivity index (χ1n) is 8.82. The predicted octanol–water partition coefficient (Wildman–Crippen LogP) is 2.22. The molecular formula is C16H26ClN5O2. The molecule has 1 aromatic heterocycles. The van der Waals surface area contributed by atoms with Crippen LogP contribution in [-0.4, -0.2) is 52.2 Å². The standard InChI is InChI=1S/C16H25N5O2.ClH/c17-16(6-4-7-16)14-18-13(23-19-14)12-5-3-10-21(11-12)15(22)20-8-1-2-9-20;/h12H,1-11,17H2;1H. The molecule has 4 rings (SSSR count). The van der Waals surface area contributed by atoms with Gasteiger partial charge in [0, 0.05) is 26.2 Å². The van der Waals surface area contributed by atoms with E-state index in [9.17, 15) is 4.79 Å². The number of rotatable bonds is 2. The molecule has 134 valence electrons. The molecule has 1 atom stereocenters. The average molecular weight is 356 g/mol. The van der Waals surface area contributed by atoms with Gasteiger partial charge in [0.1, 0.15) is 0 Å². The lowest BCUT2D eigenvalue weighted by Gasteiger charge is -2.35. The fraction of sp³-hybridized carbons (Fsp3) is 0.812. The monoisotopic (exact) mass is 355 g/mol. The molecule has 0 radical (unpaired) electrons. The van der Waals surface area contributed by atoms with Crippen molar-refractivity contribution in [3.63, 3.8) is 0 Å². The van der Waals surface area contributed by atoms with E-state index in [1.54, 1.807) is 0 Å². The fourth-order valence-corrected chi connectivity index (χ4v) is 3.85. The average Bonchev–Trinajstić information content (AvgIpc) is 3.23. The van der Waals surface area contributed by atoms with Gasteiger partial charge < -0.3 is 20.1 Å². The van der Waals surface area contributed by atoms with E-state index in [0.717, 1.165) is 64.6 Å². The molecule has 7 nitrogen and oxygen atoms in total. The van der Waals surface area contributed by atoms with Crippen molar-refractivity contribution < 1.29 is 9.32 Å². The van der Waals surface area contributed by atoms with Gasteiger partial charge in [-0.25, -0.2) is 4.79 Å². The third-order valence-electron chi connectivity index (χ3n) is 5.55. The maximum absolute atomic E-state index is 12.6. The molecule has 0 bridgehead atoms. The van der Waals surface area contributed by atoms with Crippen LogP contribution < -0.4 is 5.73 Å². The maximum Gasteiger partial charge on any atom is 0.320 e. The Hall–Kier alpha value is -1.34. The zero-order chi connectivity index (χ0) is 15.9. The van der Waals surface area contributed by atoms with Gasteiger partial charge in [-0.05, 0) is 44.9 Å². The second-order valence-electron chi connectivity index (χ2n) is 7.23. The molecule has 24 heavy (non-hydrogen) atoms. The Balaban J connectivity index is 0.00000169. The molecule has 8 heteroatoms. The quantitative estimate of drug-likeness (QED) is 0.878. The van der Waals surface area contributed by atoms with Crippen molar-refractivity contribution in [2.75, 3.05) is 26.2 Å². The van der Waals surface area contributed by atoms with Gasteiger partial charge in [0.2, 0.25) is 5.89 Å². The summed E-state index contributed by atoms with van der Waals surface area (Å²) in [5, 5.41) is 4.11. The lowest BCUT2D eigenvalue weighted by molar-refractivity contribution is 0.142. The third kappa shape index (κ3) is 3.11. The van der Waals surface area contributed by atoms with E-state index in [-0.39, 0.29) is 29.9 Å². The van der Waals surface area contributed by atoms with E-state index in [1.807, 2.05) is 9.80 Å². The van der Waals surface area contributed by atoms with Crippen LogP contribution in [0.25, 0.3) is 0 Å². The molecule has 1 saturated carbocycles. The zero-order valence-electron chi connectivity index (χ0n) is 13.9. The molecule has 2 saturated heterocycles. The van der Waals surface area contributed by atoms with Crippen molar-refractivity contribution in [1.29, 1.82) is 0 Å². The lowest BCUT2D eigenvalue weighted by Crippen LogP contribution is -2.46. The van der Waals surface area contributed by atoms with E-state index >= 15 is 0 Å². The SMILES string of the molecule is Cl.NC1(c2noc(C3CCCN(C(=O)N4CCCC4)C3)n2)CCC1. The highest BCUT2D eigenvalue weighted by atomic mass is 35.5. The number of nitrogens with two attached hydrogens (primary N) is 1. The topological polar surface area (TPSA) is 88.5 Å². The molecular weight excluding hydrogens is 330 g/mol. The van der Waals surface area contributed by atoms with Crippen molar-refractivity contribution >= 4 is 18.4 Å². The number of aromatic nitrogens is 2. The predicted molar refractivity (Wildman–Crippen MR) is 91.0 cm³/mol. The van der Waals surface area contributed by atoms with Crippen LogP contribution in [0.1, 0.15) is 62.6 Å². The molecule has 2 N–H and O–H groups in total. The Morgan fingerprint density at radius 2 is 1.83 bits per heavy atom. The Labute approximate surface area is 148 Å². The second-order valence-corrected chi connectivity index (χ2v) is 7.23. The molecule has 1 aromatic rings. The highest BCUT2D eigenvalue weighted by molar-refractivity contribution is 5.85. The van der Waals surface area contributed by atoms with Crippen LogP contribution in [0, 0.1) is 0 Å². The highest BCUT2D eigenvalue weighted by Gasteiger charge is 2.40. The van der Waals surface area contributed by atoms with E-state index in [4.69, 9.17) is 10.3 Å². The summed E-state index contributed by atoms with van der Waals surface area (Å²) in [7, 11) is 0. The van der Waals surface area contributed by atoms with Crippen molar-refractivity contribution in [3.05, 3.63) is 11.7 Å². The van der Waals surface area contributed by atoms with Gasteiger partial charge in [0.15, 0.2) is 5.82 Å².